The topological polar surface area (TPSA) is 61.6 Å². The van der Waals surface area contributed by atoms with Crippen LogP contribution in [0, 0.1) is 12.7 Å². The van der Waals surface area contributed by atoms with E-state index < -0.39 is 11.8 Å². The zero-order chi connectivity index (χ0) is 13.1. The average Bonchev–Trinajstić information content (AvgIpc) is 2.35. The fraction of sp³-hybridized carbons (Fsp3) is 0.462. The first-order chi connectivity index (χ1) is 8.58. The standard InChI is InChI=1S/C13H16FNO3/c1-8-6-9(15)7-11(12(8)14)13(16)18-10-2-4-17-5-3-10/h6-7,10H,2-5,15H2,1H3. The van der Waals surface area contributed by atoms with Gasteiger partial charge >= 0.3 is 5.97 Å². The number of ether oxygens (including phenoxy) is 2. The summed E-state index contributed by atoms with van der Waals surface area (Å²) in [6, 6.07) is 2.80. The lowest BCUT2D eigenvalue weighted by Crippen LogP contribution is -2.26. The van der Waals surface area contributed by atoms with E-state index in [4.69, 9.17) is 15.2 Å². The van der Waals surface area contributed by atoms with Gasteiger partial charge in [0.25, 0.3) is 0 Å². The molecule has 1 heterocycles. The van der Waals surface area contributed by atoms with Gasteiger partial charge in [-0.1, -0.05) is 0 Å². The maximum Gasteiger partial charge on any atom is 0.341 e. The molecule has 1 aromatic carbocycles. The summed E-state index contributed by atoms with van der Waals surface area (Å²) in [6.07, 6.45) is 1.09. The van der Waals surface area contributed by atoms with Crippen LogP contribution in [-0.2, 0) is 9.47 Å². The third-order valence-corrected chi connectivity index (χ3v) is 2.94. The lowest BCUT2D eigenvalue weighted by molar-refractivity contribution is -0.0162. The number of hydrogen-bond acceptors (Lipinski definition) is 4. The summed E-state index contributed by atoms with van der Waals surface area (Å²) >= 11 is 0. The van der Waals surface area contributed by atoms with E-state index in [2.05, 4.69) is 0 Å². The van der Waals surface area contributed by atoms with E-state index in [1.165, 1.54) is 12.1 Å². The van der Waals surface area contributed by atoms with Crippen LogP contribution in [0.4, 0.5) is 10.1 Å². The van der Waals surface area contributed by atoms with Crippen LogP contribution in [0.25, 0.3) is 0 Å². The van der Waals surface area contributed by atoms with Gasteiger partial charge in [-0.05, 0) is 24.6 Å². The highest BCUT2D eigenvalue weighted by Crippen LogP contribution is 2.20. The summed E-state index contributed by atoms with van der Waals surface area (Å²) in [6.45, 7) is 2.70. The summed E-state index contributed by atoms with van der Waals surface area (Å²) in [5.41, 5.74) is 6.20. The predicted molar refractivity (Wildman–Crippen MR) is 64.8 cm³/mol. The van der Waals surface area contributed by atoms with Crippen LogP contribution in [0.2, 0.25) is 0 Å². The molecule has 0 atom stereocenters. The second kappa shape index (κ2) is 5.35. The molecule has 0 spiro atoms. The number of nitrogens with two attached hydrogens (primary N) is 1. The number of carbonyl (C=O) groups excluding carboxylic acids is 1. The minimum atomic E-state index is -0.658. The lowest BCUT2D eigenvalue weighted by Gasteiger charge is -2.22. The summed E-state index contributed by atoms with van der Waals surface area (Å²) < 4.78 is 24.2. The normalized spacial score (nSPS) is 16.6. The molecule has 0 radical (unpaired) electrons. The van der Waals surface area contributed by atoms with E-state index in [1.54, 1.807) is 6.92 Å². The molecule has 0 aliphatic carbocycles. The second-order valence-electron chi connectivity index (χ2n) is 4.42. The van der Waals surface area contributed by atoms with Gasteiger partial charge in [-0.2, -0.15) is 0 Å². The van der Waals surface area contributed by atoms with Crippen LogP contribution < -0.4 is 5.73 Å². The van der Waals surface area contributed by atoms with Gasteiger partial charge in [-0.3, -0.25) is 0 Å². The lowest BCUT2D eigenvalue weighted by atomic mass is 10.1. The van der Waals surface area contributed by atoms with E-state index >= 15 is 0 Å². The van der Waals surface area contributed by atoms with E-state index in [0.29, 0.717) is 37.3 Å². The molecule has 1 saturated heterocycles. The molecule has 98 valence electrons. The van der Waals surface area contributed by atoms with Gasteiger partial charge in [0.05, 0.1) is 18.8 Å². The summed E-state index contributed by atoms with van der Waals surface area (Å²) in [4.78, 5) is 11.9. The van der Waals surface area contributed by atoms with Gasteiger partial charge in [-0.25, -0.2) is 9.18 Å². The number of anilines is 1. The van der Waals surface area contributed by atoms with Crippen molar-refractivity contribution in [2.45, 2.75) is 25.9 Å². The molecule has 0 saturated carbocycles. The molecule has 2 rings (SSSR count). The Bertz CT molecular complexity index is 456. The highest BCUT2D eigenvalue weighted by Gasteiger charge is 2.22. The summed E-state index contributed by atoms with van der Waals surface area (Å²) in [7, 11) is 0. The Labute approximate surface area is 105 Å². The Hall–Kier alpha value is -1.62. The molecule has 5 heteroatoms. The molecule has 0 unspecified atom stereocenters. The molecular formula is C13H16FNO3. The van der Waals surface area contributed by atoms with Crippen LogP contribution in [-0.4, -0.2) is 25.3 Å². The largest absolute Gasteiger partial charge is 0.459 e. The maximum atomic E-state index is 13.8. The first kappa shape index (κ1) is 12.8. The minimum absolute atomic E-state index is 0.0982. The number of halogens is 1. The van der Waals surface area contributed by atoms with Crippen molar-refractivity contribution in [3.8, 4) is 0 Å². The molecule has 0 aromatic heterocycles. The predicted octanol–water partition coefficient (Wildman–Crippen LogP) is 2.05. The summed E-state index contributed by atoms with van der Waals surface area (Å²) in [5.74, 6) is -1.23. The Morgan fingerprint density at radius 1 is 1.44 bits per heavy atom. The van der Waals surface area contributed by atoms with E-state index in [0.717, 1.165) is 0 Å². The van der Waals surface area contributed by atoms with Gasteiger partial charge in [0.2, 0.25) is 0 Å². The smallest absolute Gasteiger partial charge is 0.341 e. The number of rotatable bonds is 2. The third-order valence-electron chi connectivity index (χ3n) is 2.94. The Morgan fingerprint density at radius 2 is 2.11 bits per heavy atom. The monoisotopic (exact) mass is 253 g/mol. The molecular weight excluding hydrogens is 237 g/mol. The molecule has 4 nitrogen and oxygen atoms in total. The highest BCUT2D eigenvalue weighted by atomic mass is 19.1. The van der Waals surface area contributed by atoms with Crippen LogP contribution in [0.15, 0.2) is 12.1 Å². The van der Waals surface area contributed by atoms with Crippen LogP contribution in [0.3, 0.4) is 0 Å². The number of carbonyl (C=O) groups is 1. The number of aryl methyl sites for hydroxylation is 1. The fourth-order valence-electron chi connectivity index (χ4n) is 1.95. The van der Waals surface area contributed by atoms with Gasteiger partial charge in [0.1, 0.15) is 11.9 Å². The molecule has 1 aliphatic heterocycles. The molecule has 0 bridgehead atoms. The number of esters is 1. The maximum absolute atomic E-state index is 13.8. The van der Waals surface area contributed by atoms with Gasteiger partial charge in [-0.15, -0.1) is 0 Å². The summed E-state index contributed by atoms with van der Waals surface area (Å²) in [5, 5.41) is 0. The molecule has 0 amide bonds. The second-order valence-corrected chi connectivity index (χ2v) is 4.42. The first-order valence-electron chi connectivity index (χ1n) is 5.92. The van der Waals surface area contributed by atoms with E-state index in [9.17, 15) is 9.18 Å². The third kappa shape index (κ3) is 2.79. The zero-order valence-corrected chi connectivity index (χ0v) is 10.2. The fourth-order valence-corrected chi connectivity index (χ4v) is 1.95. The highest BCUT2D eigenvalue weighted by molar-refractivity contribution is 5.91. The van der Waals surface area contributed by atoms with Crippen molar-refractivity contribution in [2.75, 3.05) is 18.9 Å². The molecule has 1 aromatic rings. The van der Waals surface area contributed by atoms with Gasteiger partial charge < -0.3 is 15.2 Å². The first-order valence-corrected chi connectivity index (χ1v) is 5.92. The van der Waals surface area contributed by atoms with E-state index in [1.807, 2.05) is 0 Å². The zero-order valence-electron chi connectivity index (χ0n) is 10.2. The molecule has 1 fully saturated rings. The van der Waals surface area contributed by atoms with Crippen molar-refractivity contribution in [3.63, 3.8) is 0 Å². The quantitative estimate of drug-likeness (QED) is 0.647. The van der Waals surface area contributed by atoms with Crippen LogP contribution in [0.1, 0.15) is 28.8 Å². The van der Waals surface area contributed by atoms with Crippen molar-refractivity contribution in [1.82, 2.24) is 0 Å². The van der Waals surface area contributed by atoms with Crippen molar-refractivity contribution in [3.05, 3.63) is 29.1 Å². The average molecular weight is 253 g/mol. The Kier molecular flexibility index (Phi) is 3.81. The van der Waals surface area contributed by atoms with Crippen molar-refractivity contribution >= 4 is 11.7 Å². The van der Waals surface area contributed by atoms with Crippen LogP contribution in [0.5, 0.6) is 0 Å². The molecule has 1 aliphatic rings. The Balaban J connectivity index is 2.13. The molecule has 18 heavy (non-hydrogen) atoms. The van der Waals surface area contributed by atoms with Crippen molar-refractivity contribution in [2.24, 2.45) is 0 Å². The Morgan fingerprint density at radius 3 is 2.78 bits per heavy atom. The van der Waals surface area contributed by atoms with Gasteiger partial charge in [0.15, 0.2) is 0 Å². The van der Waals surface area contributed by atoms with Gasteiger partial charge in [0, 0.05) is 18.5 Å². The minimum Gasteiger partial charge on any atom is -0.459 e. The van der Waals surface area contributed by atoms with Crippen molar-refractivity contribution < 1.29 is 18.7 Å². The van der Waals surface area contributed by atoms with Crippen molar-refractivity contribution in [1.29, 1.82) is 0 Å². The van der Waals surface area contributed by atoms with Crippen LogP contribution >= 0.6 is 0 Å². The molecule has 2 N–H and O–H groups in total. The number of hydrogen-bond donors (Lipinski definition) is 1. The number of benzene rings is 1. The van der Waals surface area contributed by atoms with E-state index in [-0.39, 0.29) is 11.7 Å². The SMILES string of the molecule is Cc1cc(N)cc(C(=O)OC2CCOCC2)c1F. The number of nitrogen functional groups attached to an aromatic ring is 1.